The molecule has 5 nitrogen and oxygen atoms in total. The van der Waals surface area contributed by atoms with Crippen LogP contribution in [0, 0.1) is 6.92 Å². The van der Waals surface area contributed by atoms with Crippen LogP contribution in [0.4, 0.5) is 4.79 Å². The van der Waals surface area contributed by atoms with Crippen LogP contribution in [0.2, 0.25) is 0 Å². The molecule has 0 atom stereocenters. The fourth-order valence-electron chi connectivity index (χ4n) is 3.88. The highest BCUT2D eigenvalue weighted by Crippen LogP contribution is 2.34. The van der Waals surface area contributed by atoms with Gasteiger partial charge in [0.2, 0.25) is 0 Å². The minimum atomic E-state index is -0.438. The first-order chi connectivity index (χ1) is 17.0. The third kappa shape index (κ3) is 4.88. The van der Waals surface area contributed by atoms with Crippen molar-refractivity contribution >= 4 is 45.7 Å². The highest BCUT2D eigenvalue weighted by molar-refractivity contribution is 8.18. The molecule has 6 heteroatoms. The summed E-state index contributed by atoms with van der Waals surface area (Å²) in [6.45, 7) is 2.17. The molecule has 172 valence electrons. The van der Waals surface area contributed by atoms with E-state index in [1.54, 1.807) is 42.5 Å². The topological polar surface area (TPSA) is 63.7 Å². The molecule has 4 aromatic carbocycles. The molecule has 1 aliphatic rings. The van der Waals surface area contributed by atoms with Gasteiger partial charge in [-0.25, -0.2) is 4.79 Å². The maximum Gasteiger partial charge on any atom is 0.343 e. The van der Waals surface area contributed by atoms with Crippen molar-refractivity contribution in [2.24, 2.45) is 0 Å². The molecule has 0 aliphatic carbocycles. The molecule has 0 spiro atoms. The average molecular weight is 480 g/mol. The normalized spacial score (nSPS) is 14.7. The molecule has 0 N–H and O–H groups in total. The van der Waals surface area contributed by atoms with Crippen LogP contribution in [0.1, 0.15) is 27.0 Å². The zero-order chi connectivity index (χ0) is 24.4. The monoisotopic (exact) mass is 479 g/mol. The summed E-state index contributed by atoms with van der Waals surface area (Å²) >= 11 is 0.928. The maximum absolute atomic E-state index is 13.0. The Morgan fingerprint density at radius 3 is 2.37 bits per heavy atom. The Hall–Kier alpha value is -4.16. The first-order valence-electron chi connectivity index (χ1n) is 11.1. The Balaban J connectivity index is 1.29. The molecule has 0 aromatic heterocycles. The molecule has 1 saturated heterocycles. The lowest BCUT2D eigenvalue weighted by atomic mass is 10.0. The molecule has 4 aromatic rings. The number of rotatable bonds is 5. The number of carbonyl (C=O) groups is 3. The summed E-state index contributed by atoms with van der Waals surface area (Å²) in [4.78, 5) is 39.6. The molecule has 0 saturated carbocycles. The highest BCUT2D eigenvalue weighted by atomic mass is 32.2. The fraction of sp³-hybridized carbons (Fsp3) is 0.0690. The third-order valence-electron chi connectivity index (χ3n) is 5.76. The number of hydrogen-bond acceptors (Lipinski definition) is 5. The number of nitrogens with zero attached hydrogens (tertiary/aromatic N) is 1. The molecule has 5 rings (SSSR count). The van der Waals surface area contributed by atoms with Crippen LogP contribution in [-0.4, -0.2) is 22.0 Å². The SMILES string of the molecule is Cc1ccc(C(=O)Oc2ccc(/C=C3\SC(=O)N(Cc4cccc5ccccc45)C3=O)cc2)cc1. The first kappa shape index (κ1) is 22.6. The van der Waals surface area contributed by atoms with E-state index in [2.05, 4.69) is 0 Å². The van der Waals surface area contributed by atoms with Crippen molar-refractivity contribution in [2.75, 3.05) is 0 Å². The van der Waals surface area contributed by atoms with Crippen molar-refractivity contribution in [3.8, 4) is 5.75 Å². The summed E-state index contributed by atoms with van der Waals surface area (Å²) in [5, 5.41) is 1.79. The van der Waals surface area contributed by atoms with Crippen LogP contribution in [0.15, 0.2) is 95.9 Å². The van der Waals surface area contributed by atoms with Crippen molar-refractivity contribution in [2.45, 2.75) is 13.5 Å². The molecule has 1 heterocycles. The van der Waals surface area contributed by atoms with Crippen molar-refractivity contribution in [1.29, 1.82) is 0 Å². The molecule has 0 bridgehead atoms. The molecule has 2 amide bonds. The number of carbonyl (C=O) groups excluding carboxylic acids is 3. The number of aryl methyl sites for hydroxylation is 1. The van der Waals surface area contributed by atoms with E-state index in [0.29, 0.717) is 16.2 Å². The zero-order valence-electron chi connectivity index (χ0n) is 18.9. The van der Waals surface area contributed by atoms with Gasteiger partial charge in [0.15, 0.2) is 0 Å². The van der Waals surface area contributed by atoms with Crippen LogP contribution in [0.5, 0.6) is 5.75 Å². The van der Waals surface area contributed by atoms with Crippen LogP contribution in [0.25, 0.3) is 16.8 Å². The predicted molar refractivity (Wildman–Crippen MR) is 138 cm³/mol. The Kier molecular flexibility index (Phi) is 6.21. The van der Waals surface area contributed by atoms with Crippen molar-refractivity contribution in [1.82, 2.24) is 4.90 Å². The standard InChI is InChI=1S/C29H21NO4S/c1-19-9-13-22(14-10-19)28(32)34-24-15-11-20(12-16-24)17-26-27(31)30(29(33)35-26)18-23-7-4-6-21-5-2-3-8-25(21)23/h2-17H,18H2,1H3/b26-17-. The molecule has 0 unspecified atom stereocenters. The minimum Gasteiger partial charge on any atom is -0.423 e. The predicted octanol–water partition coefficient (Wildman–Crippen LogP) is 6.60. The number of fused-ring (bicyclic) bond motifs is 1. The van der Waals surface area contributed by atoms with E-state index in [1.165, 1.54) is 4.90 Å². The first-order valence-corrected chi connectivity index (χ1v) is 11.9. The van der Waals surface area contributed by atoms with Gasteiger partial charge in [0.1, 0.15) is 5.75 Å². The van der Waals surface area contributed by atoms with E-state index in [1.807, 2.05) is 61.5 Å². The van der Waals surface area contributed by atoms with Crippen LogP contribution in [-0.2, 0) is 11.3 Å². The van der Waals surface area contributed by atoms with Gasteiger partial charge >= 0.3 is 5.97 Å². The second kappa shape index (κ2) is 9.60. The lowest BCUT2D eigenvalue weighted by Crippen LogP contribution is -2.27. The largest absolute Gasteiger partial charge is 0.423 e. The number of hydrogen-bond donors (Lipinski definition) is 0. The summed E-state index contributed by atoms with van der Waals surface area (Å²) in [6, 6.07) is 27.8. The number of imide groups is 1. The Labute approximate surface area is 207 Å². The van der Waals surface area contributed by atoms with Gasteiger partial charge < -0.3 is 4.74 Å². The Morgan fingerprint density at radius 1 is 0.886 bits per heavy atom. The molecule has 1 fully saturated rings. The molecule has 0 radical (unpaired) electrons. The number of amides is 2. The second-order valence-electron chi connectivity index (χ2n) is 8.23. The van der Waals surface area contributed by atoms with E-state index in [9.17, 15) is 14.4 Å². The molecular weight excluding hydrogens is 458 g/mol. The van der Waals surface area contributed by atoms with Crippen LogP contribution in [0.3, 0.4) is 0 Å². The van der Waals surface area contributed by atoms with Crippen molar-refractivity contribution in [3.63, 3.8) is 0 Å². The second-order valence-corrected chi connectivity index (χ2v) is 9.22. The Bertz CT molecular complexity index is 1470. The number of ether oxygens (including phenoxy) is 1. The molecule has 35 heavy (non-hydrogen) atoms. The number of benzene rings is 4. The van der Waals surface area contributed by atoms with E-state index < -0.39 is 5.97 Å². The third-order valence-corrected chi connectivity index (χ3v) is 6.67. The molecular formula is C29H21NO4S. The summed E-state index contributed by atoms with van der Waals surface area (Å²) in [5.74, 6) is -0.355. The van der Waals surface area contributed by atoms with Gasteiger partial charge in [-0.05, 0) is 70.9 Å². The van der Waals surface area contributed by atoms with Gasteiger partial charge in [0.25, 0.3) is 11.1 Å². The lowest BCUT2D eigenvalue weighted by molar-refractivity contribution is -0.123. The van der Waals surface area contributed by atoms with E-state index in [-0.39, 0.29) is 17.7 Å². The number of thioether (sulfide) groups is 1. The van der Waals surface area contributed by atoms with Gasteiger partial charge in [-0.3, -0.25) is 14.5 Å². The van der Waals surface area contributed by atoms with Gasteiger partial charge in [0, 0.05) is 0 Å². The summed E-state index contributed by atoms with van der Waals surface area (Å²) < 4.78 is 5.43. The molecule has 1 aliphatic heterocycles. The highest BCUT2D eigenvalue weighted by Gasteiger charge is 2.35. The minimum absolute atomic E-state index is 0.220. The number of esters is 1. The van der Waals surface area contributed by atoms with Gasteiger partial charge in [0.05, 0.1) is 17.0 Å². The summed E-state index contributed by atoms with van der Waals surface area (Å²) in [6.07, 6.45) is 1.68. The van der Waals surface area contributed by atoms with Crippen LogP contribution < -0.4 is 4.74 Å². The van der Waals surface area contributed by atoms with Gasteiger partial charge in [-0.2, -0.15) is 0 Å². The smallest absolute Gasteiger partial charge is 0.343 e. The van der Waals surface area contributed by atoms with Crippen molar-refractivity contribution < 1.29 is 19.1 Å². The summed E-state index contributed by atoms with van der Waals surface area (Å²) in [7, 11) is 0. The van der Waals surface area contributed by atoms with Gasteiger partial charge in [-0.1, -0.05) is 72.3 Å². The summed E-state index contributed by atoms with van der Waals surface area (Å²) in [5.41, 5.74) is 3.19. The zero-order valence-corrected chi connectivity index (χ0v) is 19.7. The average Bonchev–Trinajstić information content (AvgIpc) is 3.13. The van der Waals surface area contributed by atoms with E-state index >= 15 is 0 Å². The quantitative estimate of drug-likeness (QED) is 0.183. The van der Waals surface area contributed by atoms with E-state index in [0.717, 1.165) is 39.2 Å². The Morgan fingerprint density at radius 2 is 1.60 bits per heavy atom. The van der Waals surface area contributed by atoms with Gasteiger partial charge in [-0.15, -0.1) is 0 Å². The van der Waals surface area contributed by atoms with Crippen LogP contribution >= 0.6 is 11.8 Å². The van der Waals surface area contributed by atoms with Crippen molar-refractivity contribution in [3.05, 3.63) is 118 Å². The van der Waals surface area contributed by atoms with E-state index in [4.69, 9.17) is 4.74 Å². The lowest BCUT2D eigenvalue weighted by Gasteiger charge is -2.14. The fourth-order valence-corrected chi connectivity index (χ4v) is 4.71. The maximum atomic E-state index is 13.0.